The predicted molar refractivity (Wildman–Crippen MR) is 223 cm³/mol. The van der Waals surface area contributed by atoms with Crippen molar-refractivity contribution in [1.82, 2.24) is 4.90 Å². The van der Waals surface area contributed by atoms with E-state index in [2.05, 4.69) is 39.8 Å². The number of phenols is 2. The second-order valence-corrected chi connectivity index (χ2v) is 14.9. The van der Waals surface area contributed by atoms with E-state index in [1.165, 1.54) is 31.4 Å². The van der Waals surface area contributed by atoms with Crippen LogP contribution in [0.25, 0.3) is 6.08 Å². The lowest BCUT2D eigenvalue weighted by Crippen LogP contribution is -2.36. The maximum Gasteiger partial charge on any atom is 0.405 e. The van der Waals surface area contributed by atoms with Crippen LogP contribution < -0.4 is 16.4 Å². The van der Waals surface area contributed by atoms with E-state index in [1.807, 2.05) is 12.1 Å². The third kappa shape index (κ3) is 10.8. The Morgan fingerprint density at radius 2 is 1.72 bits per heavy atom. The van der Waals surface area contributed by atoms with E-state index in [4.69, 9.17) is 19.9 Å². The molecule has 3 amide bonds. The highest BCUT2D eigenvalue weighted by molar-refractivity contribution is 6.09. The zero-order valence-electron chi connectivity index (χ0n) is 33.8. The minimum atomic E-state index is -1.05. The number of hydrogen-bond donors (Lipinski definition) is 6. The lowest BCUT2D eigenvalue weighted by molar-refractivity contribution is -0.112. The van der Waals surface area contributed by atoms with Crippen molar-refractivity contribution in [3.8, 4) is 11.5 Å². The number of fused-ring (bicyclic) bond motifs is 3. The summed E-state index contributed by atoms with van der Waals surface area (Å²) in [5.41, 5.74) is 10.7. The standard InChI is InChI=1S/C45H54N4O9/c1-26-20-34-39(48-44(54)32-16-14-30(15-17-32)24-49-19-18-31-11-7-8-12-33(31)25-49)36(50)23-35(41(34)52)47-43(53)27(2)10-9-13-37(56-5)42(58-45(46)55)29(4)22-28(3)40(51)38(21-26)57-6/h7-17,20,22-23,28,37-38,40,42,50-52H,18-19,21,24-25H2,1-6H3,(H2,46,55)(H,47,53)(H,48,54)/t28-,37-,38-,40+,42-/m0/s1. The highest BCUT2D eigenvalue weighted by Crippen LogP contribution is 2.43. The number of aliphatic hydroxyl groups excluding tert-OH is 1. The molecule has 2 aliphatic rings. The van der Waals surface area contributed by atoms with Crippen LogP contribution in [0.15, 0.2) is 95.6 Å². The average molecular weight is 795 g/mol. The predicted octanol–water partition coefficient (Wildman–Crippen LogP) is 6.59. The van der Waals surface area contributed by atoms with E-state index in [0.29, 0.717) is 16.7 Å². The van der Waals surface area contributed by atoms with Crippen molar-refractivity contribution >= 4 is 35.4 Å². The van der Waals surface area contributed by atoms with Gasteiger partial charge in [-0.3, -0.25) is 14.5 Å². The minimum absolute atomic E-state index is 0.0325. The molecule has 2 bridgehead atoms. The minimum Gasteiger partial charge on any atom is -0.506 e. The molecule has 0 saturated heterocycles. The third-order valence-electron chi connectivity index (χ3n) is 10.6. The molecule has 0 spiro atoms. The molecular weight excluding hydrogens is 741 g/mol. The number of nitrogens with zero attached hydrogens (tertiary/aromatic N) is 1. The first-order valence-electron chi connectivity index (χ1n) is 19.2. The molecule has 2 aliphatic heterocycles. The van der Waals surface area contributed by atoms with Crippen LogP contribution in [0.2, 0.25) is 0 Å². The summed E-state index contributed by atoms with van der Waals surface area (Å²) >= 11 is 0. The van der Waals surface area contributed by atoms with Crippen molar-refractivity contribution in [2.75, 3.05) is 31.4 Å². The van der Waals surface area contributed by atoms with Crippen molar-refractivity contribution < 1.29 is 43.9 Å². The molecule has 0 radical (unpaired) electrons. The number of hydrogen-bond acceptors (Lipinski definition) is 10. The number of aromatic hydroxyl groups is 2. The van der Waals surface area contributed by atoms with Crippen LogP contribution in [0.5, 0.6) is 11.5 Å². The number of ether oxygens (including phenoxy) is 3. The maximum absolute atomic E-state index is 13.7. The Bertz CT molecular complexity index is 2110. The summed E-state index contributed by atoms with van der Waals surface area (Å²) in [5, 5.41) is 39.9. The fourth-order valence-electron chi connectivity index (χ4n) is 7.31. The normalized spacial score (nSPS) is 22.2. The van der Waals surface area contributed by atoms with Gasteiger partial charge in [0.15, 0.2) is 6.10 Å². The van der Waals surface area contributed by atoms with E-state index in [1.54, 1.807) is 64.1 Å². The molecule has 0 aliphatic carbocycles. The van der Waals surface area contributed by atoms with E-state index in [9.17, 15) is 29.7 Å². The number of anilines is 2. The molecule has 5 rings (SSSR count). The smallest absolute Gasteiger partial charge is 0.405 e. The number of aliphatic hydroxyl groups is 1. The fraction of sp³-hybridized carbons (Fsp3) is 0.356. The van der Waals surface area contributed by atoms with E-state index in [0.717, 1.165) is 37.7 Å². The van der Waals surface area contributed by atoms with Gasteiger partial charge >= 0.3 is 6.09 Å². The topological polar surface area (TPSA) is 193 Å². The Hall–Kier alpha value is -5.73. The van der Waals surface area contributed by atoms with Gasteiger partial charge in [-0.1, -0.05) is 73.2 Å². The first-order valence-corrected chi connectivity index (χ1v) is 19.2. The molecule has 3 aromatic rings. The second-order valence-electron chi connectivity index (χ2n) is 14.9. The summed E-state index contributed by atoms with van der Waals surface area (Å²) < 4.78 is 16.7. The van der Waals surface area contributed by atoms with Crippen LogP contribution >= 0.6 is 0 Å². The van der Waals surface area contributed by atoms with Crippen molar-refractivity contribution in [1.29, 1.82) is 0 Å². The third-order valence-corrected chi connectivity index (χ3v) is 10.6. The lowest BCUT2D eigenvalue weighted by atomic mass is 9.91. The molecule has 7 N–H and O–H groups in total. The molecule has 58 heavy (non-hydrogen) atoms. The van der Waals surface area contributed by atoms with Gasteiger partial charge in [-0.2, -0.15) is 0 Å². The molecule has 5 atom stereocenters. The Labute approximate surface area is 339 Å². The number of allylic oxidation sites excluding steroid dienone is 2. The zero-order valence-corrected chi connectivity index (χ0v) is 33.8. The van der Waals surface area contributed by atoms with Crippen LogP contribution in [0.4, 0.5) is 16.2 Å². The highest BCUT2D eigenvalue weighted by atomic mass is 16.6. The highest BCUT2D eigenvalue weighted by Gasteiger charge is 2.29. The van der Waals surface area contributed by atoms with E-state index in [-0.39, 0.29) is 28.9 Å². The van der Waals surface area contributed by atoms with Gasteiger partial charge < -0.3 is 45.9 Å². The Morgan fingerprint density at radius 3 is 2.40 bits per heavy atom. The van der Waals surface area contributed by atoms with Crippen molar-refractivity contribution in [3.05, 3.63) is 123 Å². The number of benzene rings is 3. The molecule has 0 saturated carbocycles. The Morgan fingerprint density at radius 1 is 1.02 bits per heavy atom. The number of phenolic OH excluding ortho intramolecular Hbond substituents is 2. The van der Waals surface area contributed by atoms with Gasteiger partial charge in [0, 0.05) is 62.5 Å². The van der Waals surface area contributed by atoms with Crippen molar-refractivity contribution in [3.63, 3.8) is 0 Å². The number of carbonyl (C=O) groups is 3. The number of methoxy groups -OCH3 is 2. The average Bonchev–Trinajstić information content (AvgIpc) is 3.20. The molecule has 0 fully saturated rings. The molecule has 13 heteroatoms. The Kier molecular flexibility index (Phi) is 14.7. The van der Waals surface area contributed by atoms with Crippen LogP contribution in [-0.2, 0) is 38.5 Å². The summed E-state index contributed by atoms with van der Waals surface area (Å²) in [6.45, 7) is 9.31. The molecule has 3 aromatic carbocycles. The fourth-order valence-corrected chi connectivity index (χ4v) is 7.31. The van der Waals surface area contributed by atoms with Gasteiger partial charge in [0.1, 0.15) is 17.6 Å². The number of amides is 3. The Balaban J connectivity index is 1.46. The van der Waals surface area contributed by atoms with Crippen molar-refractivity contribution in [2.45, 2.75) is 78.0 Å². The summed E-state index contributed by atoms with van der Waals surface area (Å²) in [7, 11) is 2.89. The largest absolute Gasteiger partial charge is 0.506 e. The van der Waals surface area contributed by atoms with Gasteiger partial charge in [0.25, 0.3) is 11.8 Å². The number of nitrogens with two attached hydrogens (primary N) is 1. The zero-order chi connectivity index (χ0) is 42.1. The SMILES string of the molecule is CO[C@H]1C=CC=C(C)C(=O)Nc2cc(O)c(NC(=O)c3ccc(CN4CCc5ccccc5C4)cc3)c(c2O)C=C(C)C[C@H](OC)[C@H](O)[C@@H](C)C=C(C)[C@@H]1OC(N)=O. The quantitative estimate of drug-likeness (QED) is 0.0864. The summed E-state index contributed by atoms with van der Waals surface area (Å²) in [4.78, 5) is 41.3. The molecule has 0 unspecified atom stereocenters. The van der Waals surface area contributed by atoms with Gasteiger partial charge in [-0.15, -0.1) is 0 Å². The molecular formula is C45H54N4O9. The first kappa shape index (κ1) is 43.4. The van der Waals surface area contributed by atoms with Gasteiger partial charge in [0.2, 0.25) is 0 Å². The summed E-state index contributed by atoms with van der Waals surface area (Å²) in [6, 6.07) is 16.8. The summed E-state index contributed by atoms with van der Waals surface area (Å²) in [6.07, 6.45) is 4.49. The number of carbonyl (C=O) groups excluding carboxylic acids is 3. The number of primary amides is 1. The van der Waals surface area contributed by atoms with Crippen LogP contribution in [0.1, 0.15) is 66.7 Å². The monoisotopic (exact) mass is 794 g/mol. The lowest BCUT2D eigenvalue weighted by Gasteiger charge is -2.28. The van der Waals surface area contributed by atoms with Crippen molar-refractivity contribution in [2.24, 2.45) is 11.7 Å². The summed E-state index contributed by atoms with van der Waals surface area (Å²) in [5.74, 6) is -2.45. The van der Waals surface area contributed by atoms with E-state index >= 15 is 0 Å². The molecule has 0 aromatic heterocycles. The molecule has 308 valence electrons. The number of rotatable bonds is 7. The van der Waals surface area contributed by atoms with Gasteiger partial charge in [0.05, 0.1) is 23.6 Å². The van der Waals surface area contributed by atoms with Crippen LogP contribution in [0.3, 0.4) is 0 Å². The van der Waals surface area contributed by atoms with E-state index < -0.39 is 59.7 Å². The van der Waals surface area contributed by atoms with Crippen LogP contribution in [0, 0.1) is 5.92 Å². The second kappa shape index (κ2) is 19.6. The van der Waals surface area contributed by atoms with Crippen LogP contribution in [-0.4, -0.2) is 83.3 Å². The molecule has 2 heterocycles. The molecule has 13 nitrogen and oxygen atoms in total. The van der Waals surface area contributed by atoms with Gasteiger partial charge in [-0.25, -0.2) is 4.79 Å². The number of nitrogens with one attached hydrogen (secondary N) is 2. The maximum atomic E-state index is 13.7. The van der Waals surface area contributed by atoms with Gasteiger partial charge in [-0.05, 0) is 74.1 Å². The first-order chi connectivity index (χ1) is 27.7.